The SMILES string of the molecule is CCC/C=C\c1c(NC)c(C(C)C)nn(CC(=O)NC2CCCN(C3CC3)C2)c1=O. The normalized spacial score (nSPS) is 20.1. The van der Waals surface area contributed by atoms with Gasteiger partial charge in [-0.15, -0.1) is 0 Å². The van der Waals surface area contributed by atoms with E-state index in [2.05, 4.69) is 27.6 Å². The van der Waals surface area contributed by atoms with Crippen molar-refractivity contribution in [3.8, 4) is 0 Å². The van der Waals surface area contributed by atoms with E-state index in [0.29, 0.717) is 11.6 Å². The Labute approximate surface area is 179 Å². The molecule has 7 nitrogen and oxygen atoms in total. The zero-order valence-electron chi connectivity index (χ0n) is 18.9. The van der Waals surface area contributed by atoms with Crippen molar-refractivity contribution >= 4 is 17.7 Å². The van der Waals surface area contributed by atoms with Gasteiger partial charge in [0.25, 0.3) is 5.56 Å². The topological polar surface area (TPSA) is 79.3 Å². The Bertz CT molecular complexity index is 826. The largest absolute Gasteiger partial charge is 0.386 e. The number of nitrogens with one attached hydrogen (secondary N) is 2. The molecule has 0 aromatic carbocycles. The molecule has 1 amide bonds. The van der Waals surface area contributed by atoms with E-state index in [-0.39, 0.29) is 30.0 Å². The standard InChI is InChI=1S/C23H37N5O2/c1-5-6-7-10-19-22(24-4)21(16(2)3)26-28(23(19)30)15-20(29)25-17-9-8-13-27(14-17)18-11-12-18/h7,10,16-18,24H,5-6,8-9,11-15H2,1-4H3,(H,25,29)/b10-7-. The highest BCUT2D eigenvalue weighted by Gasteiger charge is 2.33. The highest BCUT2D eigenvalue weighted by molar-refractivity contribution is 5.76. The molecule has 0 bridgehead atoms. The van der Waals surface area contributed by atoms with Crippen LogP contribution in [0.5, 0.6) is 0 Å². The van der Waals surface area contributed by atoms with Gasteiger partial charge in [0.15, 0.2) is 0 Å². The summed E-state index contributed by atoms with van der Waals surface area (Å²) in [5, 5.41) is 10.8. The van der Waals surface area contributed by atoms with Gasteiger partial charge in [-0.05, 0) is 44.6 Å². The van der Waals surface area contributed by atoms with Crippen LogP contribution >= 0.6 is 0 Å². The maximum absolute atomic E-state index is 13.1. The average molecular weight is 416 g/mol. The fourth-order valence-corrected chi connectivity index (χ4v) is 4.21. The summed E-state index contributed by atoms with van der Waals surface area (Å²) in [5.41, 5.74) is 1.91. The second kappa shape index (κ2) is 10.2. The molecule has 7 heteroatoms. The minimum Gasteiger partial charge on any atom is -0.386 e. The summed E-state index contributed by atoms with van der Waals surface area (Å²) in [6.45, 7) is 8.21. The third kappa shape index (κ3) is 5.50. The van der Waals surface area contributed by atoms with Crippen molar-refractivity contribution in [2.24, 2.45) is 0 Å². The molecule has 2 fully saturated rings. The van der Waals surface area contributed by atoms with Crippen molar-refractivity contribution in [1.82, 2.24) is 20.0 Å². The Balaban J connectivity index is 1.78. The van der Waals surface area contributed by atoms with E-state index in [4.69, 9.17) is 0 Å². The number of allylic oxidation sites excluding steroid dienone is 1. The molecule has 1 aliphatic carbocycles. The van der Waals surface area contributed by atoms with E-state index >= 15 is 0 Å². The van der Waals surface area contributed by atoms with E-state index in [1.54, 1.807) is 0 Å². The molecule has 166 valence electrons. The van der Waals surface area contributed by atoms with Crippen LogP contribution in [0.15, 0.2) is 10.9 Å². The van der Waals surface area contributed by atoms with Crippen LogP contribution in [0.4, 0.5) is 5.69 Å². The molecule has 2 heterocycles. The minimum absolute atomic E-state index is 0.0445. The minimum atomic E-state index is -0.227. The lowest BCUT2D eigenvalue weighted by Crippen LogP contribution is -2.49. The quantitative estimate of drug-likeness (QED) is 0.648. The molecule has 0 radical (unpaired) electrons. The number of anilines is 1. The number of hydrogen-bond acceptors (Lipinski definition) is 5. The van der Waals surface area contributed by atoms with E-state index < -0.39 is 0 Å². The fraction of sp³-hybridized carbons (Fsp3) is 0.696. The Kier molecular flexibility index (Phi) is 7.69. The van der Waals surface area contributed by atoms with Crippen LogP contribution < -0.4 is 16.2 Å². The van der Waals surface area contributed by atoms with Crippen LogP contribution in [0.3, 0.4) is 0 Å². The molecule has 0 spiro atoms. The number of rotatable bonds is 9. The summed E-state index contributed by atoms with van der Waals surface area (Å²) in [5.74, 6) is -0.00576. The highest BCUT2D eigenvalue weighted by atomic mass is 16.2. The summed E-state index contributed by atoms with van der Waals surface area (Å²) < 4.78 is 1.33. The molecule has 1 saturated heterocycles. The lowest BCUT2D eigenvalue weighted by molar-refractivity contribution is -0.123. The number of likely N-dealkylation sites (tertiary alicyclic amines) is 1. The van der Waals surface area contributed by atoms with Gasteiger partial charge in [-0.3, -0.25) is 14.5 Å². The molecule has 1 aromatic rings. The first-order valence-corrected chi connectivity index (χ1v) is 11.5. The monoisotopic (exact) mass is 415 g/mol. The summed E-state index contributed by atoms with van der Waals surface area (Å²) >= 11 is 0. The molecule has 1 saturated carbocycles. The van der Waals surface area contributed by atoms with Crippen LogP contribution in [-0.2, 0) is 11.3 Å². The van der Waals surface area contributed by atoms with Crippen molar-refractivity contribution in [2.75, 3.05) is 25.5 Å². The van der Waals surface area contributed by atoms with Gasteiger partial charge in [-0.2, -0.15) is 5.10 Å². The van der Waals surface area contributed by atoms with E-state index in [9.17, 15) is 9.59 Å². The highest BCUT2D eigenvalue weighted by Crippen LogP contribution is 2.29. The second-order valence-electron chi connectivity index (χ2n) is 8.87. The number of amides is 1. The van der Waals surface area contributed by atoms with Crippen molar-refractivity contribution < 1.29 is 4.79 Å². The van der Waals surface area contributed by atoms with Crippen LogP contribution in [0.25, 0.3) is 6.08 Å². The number of unbranched alkanes of at least 4 members (excludes halogenated alkanes) is 1. The Hall–Kier alpha value is -2.15. The van der Waals surface area contributed by atoms with Crippen LogP contribution in [0.2, 0.25) is 0 Å². The predicted molar refractivity (Wildman–Crippen MR) is 122 cm³/mol. The van der Waals surface area contributed by atoms with E-state index in [0.717, 1.165) is 50.2 Å². The number of carbonyl (C=O) groups excluding carboxylic acids is 1. The average Bonchev–Trinajstić information content (AvgIpc) is 3.56. The zero-order valence-corrected chi connectivity index (χ0v) is 18.9. The first-order chi connectivity index (χ1) is 14.4. The van der Waals surface area contributed by atoms with Gasteiger partial charge >= 0.3 is 0 Å². The third-order valence-corrected chi connectivity index (χ3v) is 5.93. The predicted octanol–water partition coefficient (Wildman–Crippen LogP) is 2.96. The van der Waals surface area contributed by atoms with Crippen LogP contribution in [-0.4, -0.2) is 52.8 Å². The van der Waals surface area contributed by atoms with E-state index in [1.807, 2.05) is 33.0 Å². The lowest BCUT2D eigenvalue weighted by Gasteiger charge is -2.33. The van der Waals surface area contributed by atoms with Gasteiger partial charge in [0.1, 0.15) is 6.54 Å². The summed E-state index contributed by atoms with van der Waals surface area (Å²) in [4.78, 5) is 28.4. The number of carbonyl (C=O) groups is 1. The molecule has 1 aromatic heterocycles. The van der Waals surface area contributed by atoms with Gasteiger partial charge in [0.05, 0.1) is 16.9 Å². The van der Waals surface area contributed by atoms with Gasteiger partial charge in [-0.1, -0.05) is 39.3 Å². The zero-order chi connectivity index (χ0) is 21.7. The number of aromatic nitrogens is 2. The molecule has 1 aliphatic heterocycles. The smallest absolute Gasteiger partial charge is 0.276 e. The Morgan fingerprint density at radius 2 is 2.07 bits per heavy atom. The van der Waals surface area contributed by atoms with E-state index in [1.165, 1.54) is 17.5 Å². The number of piperidine rings is 1. The maximum atomic E-state index is 13.1. The molecule has 30 heavy (non-hydrogen) atoms. The van der Waals surface area contributed by atoms with Gasteiger partial charge in [0.2, 0.25) is 5.91 Å². The molecule has 1 atom stereocenters. The first-order valence-electron chi connectivity index (χ1n) is 11.5. The number of nitrogens with zero attached hydrogens (tertiary/aromatic N) is 3. The molecule has 2 N–H and O–H groups in total. The van der Waals surface area contributed by atoms with Crippen LogP contribution in [0, 0.1) is 0 Å². The van der Waals surface area contributed by atoms with Crippen molar-refractivity contribution in [3.05, 3.63) is 27.7 Å². The first kappa shape index (κ1) is 22.5. The Morgan fingerprint density at radius 3 is 2.70 bits per heavy atom. The van der Waals surface area contributed by atoms with Crippen molar-refractivity contribution in [3.63, 3.8) is 0 Å². The van der Waals surface area contributed by atoms with Gasteiger partial charge in [0, 0.05) is 25.7 Å². The van der Waals surface area contributed by atoms with Gasteiger partial charge < -0.3 is 10.6 Å². The van der Waals surface area contributed by atoms with Gasteiger partial charge in [-0.25, -0.2) is 4.68 Å². The molecule has 1 unspecified atom stereocenters. The van der Waals surface area contributed by atoms with Crippen LogP contribution in [0.1, 0.15) is 76.5 Å². The van der Waals surface area contributed by atoms with Crippen molar-refractivity contribution in [1.29, 1.82) is 0 Å². The second-order valence-corrected chi connectivity index (χ2v) is 8.87. The molecular formula is C23H37N5O2. The summed E-state index contributed by atoms with van der Waals surface area (Å²) in [6, 6.07) is 0.877. The fourth-order valence-electron chi connectivity index (χ4n) is 4.21. The number of hydrogen-bond donors (Lipinski definition) is 2. The lowest BCUT2D eigenvalue weighted by atomic mass is 10.0. The summed E-state index contributed by atoms with van der Waals surface area (Å²) in [7, 11) is 1.81. The Morgan fingerprint density at radius 1 is 1.30 bits per heavy atom. The van der Waals surface area contributed by atoms with Crippen molar-refractivity contribution in [2.45, 2.75) is 83.8 Å². The molecular weight excluding hydrogens is 378 g/mol. The third-order valence-electron chi connectivity index (χ3n) is 5.93. The molecule has 2 aliphatic rings. The summed E-state index contributed by atoms with van der Waals surface area (Å²) in [6.07, 6.45) is 10.5. The maximum Gasteiger partial charge on any atom is 0.276 e. The molecule has 3 rings (SSSR count).